The Morgan fingerprint density at radius 1 is 0.667 bits per heavy atom. The molecule has 0 radical (unpaired) electrons. The lowest BCUT2D eigenvalue weighted by molar-refractivity contribution is -0.141. The second-order valence-corrected chi connectivity index (χ2v) is 5.72. The van der Waals surface area contributed by atoms with Crippen molar-refractivity contribution in [3.8, 4) is 0 Å². The Balaban J connectivity index is 1.94. The molecule has 2 rings (SSSR count). The topological polar surface area (TPSA) is 37.4 Å². The molecular weight excluding hydrogens is 226 g/mol. The molecule has 102 valence electrons. The van der Waals surface area contributed by atoms with E-state index in [-0.39, 0.29) is 17.9 Å². The SMILES string of the molecule is O=C1CCC(=O)N1C1CCCCCCCCCC1. The zero-order chi connectivity index (χ0) is 12.8. The first kappa shape index (κ1) is 13.6. The number of nitrogens with zero attached hydrogens (tertiary/aromatic N) is 1. The molecule has 0 spiro atoms. The van der Waals surface area contributed by atoms with Crippen LogP contribution in [0.1, 0.15) is 77.0 Å². The number of imide groups is 1. The Bertz CT molecular complexity index is 273. The van der Waals surface area contributed by atoms with Crippen LogP contribution in [-0.2, 0) is 9.59 Å². The predicted molar refractivity (Wildman–Crippen MR) is 71.0 cm³/mol. The van der Waals surface area contributed by atoms with Crippen LogP contribution in [0.5, 0.6) is 0 Å². The number of carbonyl (C=O) groups is 2. The summed E-state index contributed by atoms with van der Waals surface area (Å²) in [7, 11) is 0. The number of amides is 2. The van der Waals surface area contributed by atoms with E-state index in [1.54, 1.807) is 4.90 Å². The third-order valence-electron chi connectivity index (χ3n) is 4.28. The molecule has 1 heterocycles. The molecule has 0 N–H and O–H groups in total. The average Bonchev–Trinajstić information content (AvgIpc) is 2.66. The Kier molecular flexibility index (Phi) is 5.21. The highest BCUT2D eigenvalue weighted by atomic mass is 16.2. The predicted octanol–water partition coefficient (Wildman–Crippen LogP) is 3.42. The van der Waals surface area contributed by atoms with Gasteiger partial charge in [0.25, 0.3) is 0 Å². The van der Waals surface area contributed by atoms with E-state index in [0.29, 0.717) is 12.8 Å². The van der Waals surface area contributed by atoms with Crippen LogP contribution in [0.25, 0.3) is 0 Å². The Labute approximate surface area is 110 Å². The van der Waals surface area contributed by atoms with Crippen LogP contribution in [0.2, 0.25) is 0 Å². The second kappa shape index (κ2) is 6.91. The average molecular weight is 251 g/mol. The fourth-order valence-corrected chi connectivity index (χ4v) is 3.22. The number of hydrogen-bond donors (Lipinski definition) is 0. The summed E-state index contributed by atoms with van der Waals surface area (Å²) in [5.41, 5.74) is 0. The molecule has 1 aliphatic heterocycles. The Morgan fingerprint density at radius 3 is 1.50 bits per heavy atom. The first-order valence-electron chi connectivity index (χ1n) is 7.64. The van der Waals surface area contributed by atoms with Gasteiger partial charge in [-0.1, -0.05) is 51.4 Å². The summed E-state index contributed by atoms with van der Waals surface area (Å²) in [5.74, 6) is 0.139. The van der Waals surface area contributed by atoms with Crippen LogP contribution in [0.3, 0.4) is 0 Å². The molecule has 0 bridgehead atoms. The minimum absolute atomic E-state index is 0.0693. The molecule has 2 aliphatic rings. The highest BCUT2D eigenvalue weighted by Gasteiger charge is 2.34. The van der Waals surface area contributed by atoms with Crippen LogP contribution >= 0.6 is 0 Å². The van der Waals surface area contributed by atoms with E-state index < -0.39 is 0 Å². The minimum atomic E-state index is 0.0693. The van der Waals surface area contributed by atoms with Gasteiger partial charge >= 0.3 is 0 Å². The number of rotatable bonds is 1. The van der Waals surface area contributed by atoms with Gasteiger partial charge in [-0.25, -0.2) is 0 Å². The first-order chi connectivity index (χ1) is 8.79. The molecule has 2 amide bonds. The lowest BCUT2D eigenvalue weighted by Crippen LogP contribution is -2.39. The van der Waals surface area contributed by atoms with Gasteiger partial charge in [0.2, 0.25) is 11.8 Å². The summed E-state index contributed by atoms with van der Waals surface area (Å²) in [6, 6.07) is 0.200. The van der Waals surface area contributed by atoms with Crippen molar-refractivity contribution in [3.63, 3.8) is 0 Å². The van der Waals surface area contributed by atoms with E-state index in [0.717, 1.165) is 12.8 Å². The van der Waals surface area contributed by atoms with Crippen molar-refractivity contribution < 1.29 is 9.59 Å². The summed E-state index contributed by atoms with van der Waals surface area (Å²) < 4.78 is 0. The van der Waals surface area contributed by atoms with Crippen molar-refractivity contribution in [1.29, 1.82) is 0 Å². The Morgan fingerprint density at radius 2 is 1.06 bits per heavy atom. The maximum atomic E-state index is 11.8. The van der Waals surface area contributed by atoms with Gasteiger partial charge in [-0.2, -0.15) is 0 Å². The first-order valence-corrected chi connectivity index (χ1v) is 7.64. The third kappa shape index (κ3) is 3.56. The summed E-state index contributed by atoms with van der Waals surface area (Å²) in [6.07, 6.45) is 13.1. The molecule has 1 saturated carbocycles. The number of likely N-dealkylation sites (tertiary alicyclic amines) is 1. The van der Waals surface area contributed by atoms with Crippen LogP contribution in [0.15, 0.2) is 0 Å². The monoisotopic (exact) mass is 251 g/mol. The van der Waals surface area contributed by atoms with Crippen molar-refractivity contribution in [3.05, 3.63) is 0 Å². The van der Waals surface area contributed by atoms with Crippen molar-refractivity contribution in [2.75, 3.05) is 0 Å². The molecule has 0 aromatic heterocycles. The maximum Gasteiger partial charge on any atom is 0.229 e. The maximum absolute atomic E-state index is 11.8. The minimum Gasteiger partial charge on any atom is -0.280 e. The van der Waals surface area contributed by atoms with Gasteiger partial charge in [0.05, 0.1) is 0 Å². The standard InChI is InChI=1S/C15H25NO2/c17-14-11-12-15(18)16(14)13-9-7-5-3-1-2-4-6-8-10-13/h13H,1-12H2. The zero-order valence-corrected chi connectivity index (χ0v) is 11.3. The summed E-state index contributed by atoms with van der Waals surface area (Å²) in [5, 5.41) is 0. The molecule has 0 atom stereocenters. The highest BCUT2D eigenvalue weighted by molar-refractivity contribution is 6.02. The largest absolute Gasteiger partial charge is 0.280 e. The molecule has 0 aromatic rings. The molecule has 3 nitrogen and oxygen atoms in total. The summed E-state index contributed by atoms with van der Waals surface area (Å²) in [4.78, 5) is 25.2. The van der Waals surface area contributed by atoms with Crippen molar-refractivity contribution in [1.82, 2.24) is 4.90 Å². The van der Waals surface area contributed by atoms with Crippen molar-refractivity contribution in [2.24, 2.45) is 0 Å². The fraction of sp³-hybridized carbons (Fsp3) is 0.867. The molecule has 18 heavy (non-hydrogen) atoms. The Hall–Kier alpha value is -0.860. The summed E-state index contributed by atoms with van der Waals surface area (Å²) >= 11 is 0. The second-order valence-electron chi connectivity index (χ2n) is 5.72. The third-order valence-corrected chi connectivity index (χ3v) is 4.28. The van der Waals surface area contributed by atoms with Gasteiger partial charge in [-0.05, 0) is 12.8 Å². The van der Waals surface area contributed by atoms with E-state index >= 15 is 0 Å². The van der Waals surface area contributed by atoms with Crippen molar-refractivity contribution in [2.45, 2.75) is 83.1 Å². The van der Waals surface area contributed by atoms with Crippen LogP contribution < -0.4 is 0 Å². The molecule has 1 aliphatic carbocycles. The van der Waals surface area contributed by atoms with Crippen LogP contribution in [0.4, 0.5) is 0 Å². The zero-order valence-electron chi connectivity index (χ0n) is 11.3. The van der Waals surface area contributed by atoms with E-state index in [1.807, 2.05) is 0 Å². The normalized spacial score (nSPS) is 25.2. The van der Waals surface area contributed by atoms with Gasteiger partial charge in [0.15, 0.2) is 0 Å². The van der Waals surface area contributed by atoms with Gasteiger partial charge in [-0.3, -0.25) is 14.5 Å². The van der Waals surface area contributed by atoms with Crippen LogP contribution in [-0.4, -0.2) is 22.8 Å². The molecule has 0 unspecified atom stereocenters. The van der Waals surface area contributed by atoms with Gasteiger partial charge < -0.3 is 0 Å². The molecule has 3 heteroatoms. The quantitative estimate of drug-likeness (QED) is 0.670. The lowest BCUT2D eigenvalue weighted by atomic mass is 10.0. The van der Waals surface area contributed by atoms with E-state index in [2.05, 4.69) is 0 Å². The smallest absolute Gasteiger partial charge is 0.229 e. The van der Waals surface area contributed by atoms with Crippen LogP contribution in [0, 0.1) is 0 Å². The molecule has 1 saturated heterocycles. The fourth-order valence-electron chi connectivity index (χ4n) is 3.22. The molecular formula is C15H25NO2. The van der Waals surface area contributed by atoms with Crippen molar-refractivity contribution >= 4 is 11.8 Å². The van der Waals surface area contributed by atoms with E-state index in [1.165, 1.54) is 51.4 Å². The molecule has 2 fully saturated rings. The number of carbonyl (C=O) groups excluding carboxylic acids is 2. The summed E-state index contributed by atoms with van der Waals surface area (Å²) in [6.45, 7) is 0. The van der Waals surface area contributed by atoms with Gasteiger partial charge in [0, 0.05) is 18.9 Å². The van der Waals surface area contributed by atoms with E-state index in [9.17, 15) is 9.59 Å². The van der Waals surface area contributed by atoms with Gasteiger partial charge in [-0.15, -0.1) is 0 Å². The van der Waals surface area contributed by atoms with Gasteiger partial charge in [0.1, 0.15) is 0 Å². The highest BCUT2D eigenvalue weighted by Crippen LogP contribution is 2.24. The van der Waals surface area contributed by atoms with E-state index in [4.69, 9.17) is 0 Å². The number of hydrogen-bond acceptors (Lipinski definition) is 2. The molecule has 0 aromatic carbocycles. The lowest BCUT2D eigenvalue weighted by Gasteiger charge is -2.26.